The van der Waals surface area contributed by atoms with Crippen LogP contribution in [0.25, 0.3) is 11.1 Å². The topological polar surface area (TPSA) is 121 Å². The smallest absolute Gasteiger partial charge is 0.420 e. The predicted octanol–water partition coefficient (Wildman–Crippen LogP) is 0.839. The molecule has 3 rings (SSSR count). The third-order valence-corrected chi connectivity index (χ3v) is 4.88. The Labute approximate surface area is 141 Å². The van der Waals surface area contributed by atoms with Gasteiger partial charge in [0.15, 0.2) is 5.58 Å². The summed E-state index contributed by atoms with van der Waals surface area (Å²) in [6.07, 6.45) is 1.44. The quantitative estimate of drug-likeness (QED) is 0.642. The summed E-state index contributed by atoms with van der Waals surface area (Å²) in [4.78, 5) is 23.1. The third kappa shape index (κ3) is 3.49. The van der Waals surface area contributed by atoms with Crippen LogP contribution in [0, 0.1) is 0 Å². The maximum absolute atomic E-state index is 12.3. The molecule has 1 N–H and O–H groups in total. The molecule has 9 nitrogen and oxygen atoms in total. The largest absolute Gasteiger partial charge is 0.468 e. The SMILES string of the molecule is COC(=O)Cn1c(=O)oc2cc(S(=O)(=O)NCc3ccco3)ccc21. The summed E-state index contributed by atoms with van der Waals surface area (Å²) in [5.41, 5.74) is 0.343. The van der Waals surface area contributed by atoms with E-state index in [1.54, 1.807) is 12.1 Å². The van der Waals surface area contributed by atoms with Crippen molar-refractivity contribution in [3.63, 3.8) is 0 Å². The van der Waals surface area contributed by atoms with Crippen LogP contribution >= 0.6 is 0 Å². The van der Waals surface area contributed by atoms with Gasteiger partial charge in [0.05, 0.1) is 30.3 Å². The highest BCUT2D eigenvalue weighted by molar-refractivity contribution is 7.89. The Kier molecular flexibility index (Phi) is 4.47. The van der Waals surface area contributed by atoms with E-state index in [9.17, 15) is 18.0 Å². The lowest BCUT2D eigenvalue weighted by Crippen LogP contribution is -2.23. The minimum atomic E-state index is -3.83. The molecule has 1 aromatic carbocycles. The van der Waals surface area contributed by atoms with Crippen molar-refractivity contribution in [1.82, 2.24) is 9.29 Å². The van der Waals surface area contributed by atoms with E-state index in [4.69, 9.17) is 8.83 Å². The number of furan rings is 1. The first-order valence-electron chi connectivity index (χ1n) is 7.13. The van der Waals surface area contributed by atoms with Crippen LogP contribution in [0.3, 0.4) is 0 Å². The van der Waals surface area contributed by atoms with Gasteiger partial charge in [-0.05, 0) is 24.3 Å². The van der Waals surface area contributed by atoms with Crippen molar-refractivity contribution in [2.24, 2.45) is 0 Å². The summed E-state index contributed by atoms with van der Waals surface area (Å²) >= 11 is 0. The Balaban J connectivity index is 1.90. The first-order chi connectivity index (χ1) is 11.9. The van der Waals surface area contributed by atoms with Gasteiger partial charge in [0.1, 0.15) is 12.3 Å². The van der Waals surface area contributed by atoms with Crippen LogP contribution in [-0.2, 0) is 32.6 Å². The summed E-state index contributed by atoms with van der Waals surface area (Å²) in [5, 5.41) is 0. The number of sulfonamides is 1. The van der Waals surface area contributed by atoms with Crippen molar-refractivity contribution >= 4 is 27.1 Å². The van der Waals surface area contributed by atoms with E-state index in [0.29, 0.717) is 11.3 Å². The number of esters is 1. The molecule has 2 heterocycles. The van der Waals surface area contributed by atoms with Gasteiger partial charge >= 0.3 is 11.7 Å². The van der Waals surface area contributed by atoms with Crippen molar-refractivity contribution in [2.45, 2.75) is 18.0 Å². The highest BCUT2D eigenvalue weighted by Gasteiger charge is 2.19. The van der Waals surface area contributed by atoms with Crippen LogP contribution in [-0.4, -0.2) is 26.1 Å². The van der Waals surface area contributed by atoms with E-state index in [-0.39, 0.29) is 23.6 Å². The molecule has 3 aromatic rings. The van der Waals surface area contributed by atoms with Crippen LogP contribution in [0.5, 0.6) is 0 Å². The first-order valence-corrected chi connectivity index (χ1v) is 8.61. The highest BCUT2D eigenvalue weighted by Crippen LogP contribution is 2.19. The van der Waals surface area contributed by atoms with Gasteiger partial charge in [-0.15, -0.1) is 0 Å². The zero-order chi connectivity index (χ0) is 18.0. The lowest BCUT2D eigenvalue weighted by Gasteiger charge is -2.05. The first kappa shape index (κ1) is 17.0. The van der Waals surface area contributed by atoms with Gasteiger partial charge in [0.25, 0.3) is 0 Å². The Morgan fingerprint density at radius 2 is 2.12 bits per heavy atom. The number of ether oxygens (including phenoxy) is 1. The molecule has 0 saturated carbocycles. The number of benzene rings is 1. The summed E-state index contributed by atoms with van der Waals surface area (Å²) in [7, 11) is -2.63. The van der Waals surface area contributed by atoms with Crippen LogP contribution < -0.4 is 10.5 Å². The number of carbonyl (C=O) groups is 1. The molecule has 0 bridgehead atoms. The molecule has 132 valence electrons. The second-order valence-corrected chi connectivity index (χ2v) is 6.83. The number of rotatable bonds is 6. The zero-order valence-corrected chi connectivity index (χ0v) is 13.9. The fourth-order valence-electron chi connectivity index (χ4n) is 2.22. The van der Waals surface area contributed by atoms with Gasteiger partial charge < -0.3 is 13.6 Å². The van der Waals surface area contributed by atoms with Gasteiger partial charge in [0.2, 0.25) is 10.0 Å². The van der Waals surface area contributed by atoms with E-state index in [1.807, 2.05) is 0 Å². The number of carbonyl (C=O) groups excluding carboxylic acids is 1. The van der Waals surface area contributed by atoms with Crippen molar-refractivity contribution in [1.29, 1.82) is 0 Å². The minimum Gasteiger partial charge on any atom is -0.468 e. The number of nitrogens with zero attached hydrogens (tertiary/aromatic N) is 1. The maximum Gasteiger partial charge on any atom is 0.420 e. The lowest BCUT2D eigenvalue weighted by atomic mass is 10.3. The summed E-state index contributed by atoms with van der Waals surface area (Å²) in [6.45, 7) is -0.341. The number of fused-ring (bicyclic) bond motifs is 1. The number of aromatic nitrogens is 1. The van der Waals surface area contributed by atoms with Crippen LogP contribution in [0.4, 0.5) is 0 Å². The maximum atomic E-state index is 12.3. The Hall–Kier alpha value is -2.85. The summed E-state index contributed by atoms with van der Waals surface area (Å²) in [6, 6.07) is 7.21. The molecule has 0 saturated heterocycles. The number of oxazole rings is 1. The molecule has 0 radical (unpaired) electrons. The Morgan fingerprint density at radius 3 is 2.80 bits per heavy atom. The molecular weight excluding hydrogens is 352 g/mol. The highest BCUT2D eigenvalue weighted by atomic mass is 32.2. The van der Waals surface area contributed by atoms with Crippen LogP contribution in [0.2, 0.25) is 0 Å². The fourth-order valence-corrected chi connectivity index (χ4v) is 3.23. The fraction of sp³-hybridized carbons (Fsp3) is 0.200. The van der Waals surface area contributed by atoms with E-state index >= 15 is 0 Å². The van der Waals surface area contributed by atoms with E-state index in [2.05, 4.69) is 9.46 Å². The molecule has 0 spiro atoms. The van der Waals surface area contributed by atoms with Crippen molar-refractivity contribution < 1.29 is 26.8 Å². The number of methoxy groups -OCH3 is 1. The molecular formula is C15H14N2O7S. The summed E-state index contributed by atoms with van der Waals surface area (Å²) < 4.78 is 42.7. The van der Waals surface area contributed by atoms with Crippen molar-refractivity contribution in [2.75, 3.05) is 7.11 Å². The molecule has 0 aliphatic heterocycles. The summed E-state index contributed by atoms with van der Waals surface area (Å²) in [5.74, 6) is -0.944. The number of nitrogens with one attached hydrogen (secondary N) is 1. The normalized spacial score (nSPS) is 11.7. The van der Waals surface area contributed by atoms with Gasteiger partial charge in [0, 0.05) is 6.07 Å². The Morgan fingerprint density at radius 1 is 1.32 bits per heavy atom. The van der Waals surface area contributed by atoms with Crippen LogP contribution in [0.15, 0.2) is 55.1 Å². The zero-order valence-electron chi connectivity index (χ0n) is 13.1. The van der Waals surface area contributed by atoms with E-state index in [1.165, 1.54) is 31.6 Å². The average Bonchev–Trinajstić information content (AvgIpc) is 3.21. The van der Waals surface area contributed by atoms with Gasteiger partial charge in [-0.1, -0.05) is 0 Å². The molecule has 0 fully saturated rings. The second kappa shape index (κ2) is 6.57. The van der Waals surface area contributed by atoms with E-state index in [0.717, 1.165) is 4.57 Å². The standard InChI is InChI=1S/C15H14N2O7S/c1-22-14(18)9-17-12-5-4-11(7-13(12)24-15(17)19)25(20,21)16-8-10-3-2-6-23-10/h2-7,16H,8-9H2,1H3. The third-order valence-electron chi connectivity index (χ3n) is 3.48. The molecule has 25 heavy (non-hydrogen) atoms. The minimum absolute atomic E-state index is 0.0132. The molecule has 2 aromatic heterocycles. The lowest BCUT2D eigenvalue weighted by molar-refractivity contribution is -0.141. The van der Waals surface area contributed by atoms with E-state index < -0.39 is 21.7 Å². The molecule has 0 aliphatic rings. The number of hydrogen-bond acceptors (Lipinski definition) is 7. The van der Waals surface area contributed by atoms with Gasteiger partial charge in [-0.3, -0.25) is 9.36 Å². The second-order valence-electron chi connectivity index (χ2n) is 5.06. The molecule has 10 heteroatoms. The van der Waals surface area contributed by atoms with Crippen molar-refractivity contribution in [3.8, 4) is 0 Å². The molecule has 0 atom stereocenters. The molecule has 0 aliphatic carbocycles. The monoisotopic (exact) mass is 366 g/mol. The number of hydrogen-bond donors (Lipinski definition) is 1. The molecule has 0 unspecified atom stereocenters. The van der Waals surface area contributed by atoms with Gasteiger partial charge in [-0.2, -0.15) is 0 Å². The van der Waals surface area contributed by atoms with Crippen molar-refractivity contribution in [3.05, 3.63) is 52.9 Å². The Bertz CT molecular complexity index is 1060. The average molecular weight is 366 g/mol. The molecule has 0 amide bonds. The van der Waals surface area contributed by atoms with Crippen LogP contribution in [0.1, 0.15) is 5.76 Å². The predicted molar refractivity (Wildman–Crippen MR) is 85.2 cm³/mol. The van der Waals surface area contributed by atoms with Gasteiger partial charge in [-0.25, -0.2) is 17.9 Å².